The number of benzene rings is 1. The van der Waals surface area contributed by atoms with E-state index in [4.69, 9.17) is 4.42 Å². The van der Waals surface area contributed by atoms with Crippen LogP contribution in [-0.2, 0) is 0 Å². The van der Waals surface area contributed by atoms with Crippen LogP contribution in [-0.4, -0.2) is 0 Å². The lowest BCUT2D eigenvalue weighted by Gasteiger charge is -2.08. The molecule has 0 amide bonds. The van der Waals surface area contributed by atoms with Gasteiger partial charge in [0.2, 0.25) is 0 Å². The molecule has 0 bridgehead atoms. The summed E-state index contributed by atoms with van der Waals surface area (Å²) in [4.78, 5) is -0.0203. The lowest BCUT2D eigenvalue weighted by molar-refractivity contribution is 0.517. The van der Waals surface area contributed by atoms with Crippen molar-refractivity contribution < 1.29 is 8.81 Å². The molecule has 1 aromatic heterocycles. The molecule has 1 atom stereocenters. The summed E-state index contributed by atoms with van der Waals surface area (Å²) in [6.07, 6.45) is 1.66. The van der Waals surface area contributed by atoms with Crippen LogP contribution in [0.5, 0.6) is 0 Å². The molecule has 3 heteroatoms. The predicted octanol–water partition coefficient (Wildman–Crippen LogP) is 4.21. The van der Waals surface area contributed by atoms with Crippen LogP contribution in [0.3, 0.4) is 0 Å². The van der Waals surface area contributed by atoms with Gasteiger partial charge in [-0.3, -0.25) is 0 Å². The molecule has 2 rings (SSSR count). The van der Waals surface area contributed by atoms with E-state index in [0.29, 0.717) is 0 Å². The number of hydrogen-bond donors (Lipinski definition) is 0. The summed E-state index contributed by atoms with van der Waals surface area (Å²) in [5, 5.41) is 0. The first kappa shape index (κ1) is 10.4. The Morgan fingerprint density at radius 2 is 1.87 bits per heavy atom. The number of rotatable bonds is 2. The van der Waals surface area contributed by atoms with E-state index in [0.717, 1.165) is 16.9 Å². The zero-order chi connectivity index (χ0) is 10.8. The Bertz CT molecular complexity index is 447. The summed E-state index contributed by atoms with van der Waals surface area (Å²) in [5.41, 5.74) is 2.07. The SMILES string of the molecule is Cc1ccoc1C(Br)c1ccc(F)cc1. The first-order valence-corrected chi connectivity index (χ1v) is 5.53. The second-order valence-corrected chi connectivity index (χ2v) is 4.30. The molecule has 15 heavy (non-hydrogen) atoms. The maximum atomic E-state index is 12.7. The number of aryl methyl sites for hydroxylation is 1. The largest absolute Gasteiger partial charge is 0.468 e. The minimum absolute atomic E-state index is 0.0203. The molecule has 1 nitrogen and oxygen atoms in total. The van der Waals surface area contributed by atoms with Crippen molar-refractivity contribution in [2.45, 2.75) is 11.8 Å². The molecular formula is C12H10BrFO. The van der Waals surface area contributed by atoms with Gasteiger partial charge in [0.25, 0.3) is 0 Å². The fourth-order valence-corrected chi connectivity index (χ4v) is 2.20. The van der Waals surface area contributed by atoms with Crippen LogP contribution in [0, 0.1) is 12.7 Å². The average molecular weight is 269 g/mol. The number of furan rings is 1. The van der Waals surface area contributed by atoms with Crippen molar-refractivity contribution in [2.24, 2.45) is 0 Å². The third kappa shape index (κ3) is 2.12. The molecule has 0 N–H and O–H groups in total. The molecule has 0 saturated carbocycles. The standard InChI is InChI=1S/C12H10BrFO/c1-8-6-7-15-12(8)11(13)9-2-4-10(14)5-3-9/h2-7,11H,1H3. The van der Waals surface area contributed by atoms with Crippen molar-refractivity contribution in [3.8, 4) is 0 Å². The van der Waals surface area contributed by atoms with Crippen molar-refractivity contribution >= 4 is 15.9 Å². The summed E-state index contributed by atoms with van der Waals surface area (Å²) in [6, 6.07) is 8.30. The Morgan fingerprint density at radius 1 is 1.20 bits per heavy atom. The summed E-state index contributed by atoms with van der Waals surface area (Å²) < 4.78 is 18.1. The molecule has 1 aromatic carbocycles. The predicted molar refractivity (Wildman–Crippen MR) is 60.6 cm³/mol. The highest BCUT2D eigenvalue weighted by Gasteiger charge is 2.15. The third-order valence-corrected chi connectivity index (χ3v) is 3.24. The van der Waals surface area contributed by atoms with Gasteiger partial charge in [0.05, 0.1) is 11.1 Å². The van der Waals surface area contributed by atoms with Crippen LogP contribution in [0.15, 0.2) is 41.0 Å². The van der Waals surface area contributed by atoms with E-state index < -0.39 is 0 Å². The first-order valence-electron chi connectivity index (χ1n) is 4.62. The zero-order valence-corrected chi connectivity index (χ0v) is 9.79. The van der Waals surface area contributed by atoms with Crippen LogP contribution in [0.1, 0.15) is 21.7 Å². The van der Waals surface area contributed by atoms with E-state index in [1.165, 1.54) is 12.1 Å². The summed E-state index contributed by atoms with van der Waals surface area (Å²) in [7, 11) is 0. The fourth-order valence-electron chi connectivity index (χ4n) is 1.43. The zero-order valence-electron chi connectivity index (χ0n) is 8.21. The molecule has 2 aromatic rings. The number of alkyl halides is 1. The highest BCUT2D eigenvalue weighted by atomic mass is 79.9. The van der Waals surface area contributed by atoms with Gasteiger partial charge in [-0.05, 0) is 36.2 Å². The molecule has 0 radical (unpaired) electrons. The molecule has 0 saturated heterocycles. The number of hydrogen-bond acceptors (Lipinski definition) is 1. The molecular weight excluding hydrogens is 259 g/mol. The Labute approximate surface area is 96.0 Å². The second-order valence-electron chi connectivity index (χ2n) is 3.38. The quantitative estimate of drug-likeness (QED) is 0.744. The summed E-state index contributed by atoms with van der Waals surface area (Å²) >= 11 is 3.53. The van der Waals surface area contributed by atoms with E-state index >= 15 is 0 Å². The second kappa shape index (κ2) is 4.19. The minimum Gasteiger partial charge on any atom is -0.468 e. The van der Waals surface area contributed by atoms with Crippen molar-refractivity contribution in [3.05, 3.63) is 59.3 Å². The maximum absolute atomic E-state index is 12.7. The van der Waals surface area contributed by atoms with Crippen LogP contribution in [0.2, 0.25) is 0 Å². The first-order chi connectivity index (χ1) is 7.18. The van der Waals surface area contributed by atoms with Gasteiger partial charge in [0.15, 0.2) is 0 Å². The van der Waals surface area contributed by atoms with Crippen molar-refractivity contribution in [2.75, 3.05) is 0 Å². The maximum Gasteiger partial charge on any atom is 0.124 e. The molecule has 78 valence electrons. The Hall–Kier alpha value is -1.09. The molecule has 0 aliphatic rings. The fraction of sp³-hybridized carbons (Fsp3) is 0.167. The van der Waals surface area contributed by atoms with E-state index in [1.807, 2.05) is 13.0 Å². The summed E-state index contributed by atoms with van der Waals surface area (Å²) in [6.45, 7) is 1.98. The Kier molecular flexibility index (Phi) is 2.91. The van der Waals surface area contributed by atoms with Gasteiger partial charge in [-0.1, -0.05) is 28.1 Å². The summed E-state index contributed by atoms with van der Waals surface area (Å²) in [5.74, 6) is 0.635. The molecule has 0 spiro atoms. The van der Waals surface area contributed by atoms with Gasteiger partial charge < -0.3 is 4.42 Å². The lowest BCUT2D eigenvalue weighted by Crippen LogP contribution is -1.92. The van der Waals surface area contributed by atoms with Crippen LogP contribution >= 0.6 is 15.9 Å². The highest BCUT2D eigenvalue weighted by molar-refractivity contribution is 9.09. The van der Waals surface area contributed by atoms with Gasteiger partial charge >= 0.3 is 0 Å². The van der Waals surface area contributed by atoms with E-state index in [2.05, 4.69) is 15.9 Å². The molecule has 1 heterocycles. The Morgan fingerprint density at radius 3 is 2.40 bits per heavy atom. The van der Waals surface area contributed by atoms with E-state index in [-0.39, 0.29) is 10.6 Å². The highest BCUT2D eigenvalue weighted by Crippen LogP contribution is 2.33. The van der Waals surface area contributed by atoms with E-state index in [9.17, 15) is 4.39 Å². The molecule has 0 fully saturated rings. The topological polar surface area (TPSA) is 13.1 Å². The average Bonchev–Trinajstić information content (AvgIpc) is 2.65. The minimum atomic E-state index is -0.227. The lowest BCUT2D eigenvalue weighted by atomic mass is 10.1. The van der Waals surface area contributed by atoms with Crippen LogP contribution in [0.4, 0.5) is 4.39 Å². The monoisotopic (exact) mass is 268 g/mol. The van der Waals surface area contributed by atoms with E-state index in [1.54, 1.807) is 18.4 Å². The number of halogens is 2. The molecule has 0 aliphatic carbocycles. The van der Waals surface area contributed by atoms with Gasteiger partial charge in [-0.25, -0.2) is 4.39 Å². The molecule has 1 unspecified atom stereocenters. The normalized spacial score (nSPS) is 12.7. The van der Waals surface area contributed by atoms with Gasteiger partial charge in [0, 0.05) is 0 Å². The smallest absolute Gasteiger partial charge is 0.124 e. The van der Waals surface area contributed by atoms with Gasteiger partial charge in [-0.2, -0.15) is 0 Å². The Balaban J connectivity index is 2.32. The van der Waals surface area contributed by atoms with Crippen molar-refractivity contribution in [3.63, 3.8) is 0 Å². The van der Waals surface area contributed by atoms with Crippen molar-refractivity contribution in [1.82, 2.24) is 0 Å². The van der Waals surface area contributed by atoms with Gasteiger partial charge in [0.1, 0.15) is 11.6 Å². The third-order valence-electron chi connectivity index (χ3n) is 2.29. The van der Waals surface area contributed by atoms with Crippen LogP contribution in [0.25, 0.3) is 0 Å². The van der Waals surface area contributed by atoms with Crippen LogP contribution < -0.4 is 0 Å². The van der Waals surface area contributed by atoms with Gasteiger partial charge in [-0.15, -0.1) is 0 Å². The molecule has 0 aliphatic heterocycles. The van der Waals surface area contributed by atoms with Crippen molar-refractivity contribution in [1.29, 1.82) is 0 Å².